The second-order valence-corrected chi connectivity index (χ2v) is 5.64. The van der Waals surface area contributed by atoms with Gasteiger partial charge < -0.3 is 4.74 Å². The third-order valence-corrected chi connectivity index (χ3v) is 3.82. The van der Waals surface area contributed by atoms with Crippen LogP contribution in [-0.2, 0) is 16.0 Å². The fourth-order valence-electron chi connectivity index (χ4n) is 1.55. The van der Waals surface area contributed by atoms with Crippen molar-refractivity contribution in [1.82, 2.24) is 0 Å². The Balaban J connectivity index is 1.92. The minimum absolute atomic E-state index is 0.153. The van der Waals surface area contributed by atoms with E-state index in [4.69, 9.17) is 27.9 Å². The van der Waals surface area contributed by atoms with E-state index in [0.29, 0.717) is 5.02 Å². The standard InChI is InChI=1S/C14H10Cl2O3S/c15-10-1-2-12(16)11(6-10)13(17)7-19-14(18)5-9-3-4-20-8-9/h1-4,6,8H,5,7H2. The molecule has 0 aliphatic rings. The fourth-order valence-corrected chi connectivity index (χ4v) is 2.61. The summed E-state index contributed by atoms with van der Waals surface area (Å²) in [6.07, 6.45) is 0.153. The van der Waals surface area contributed by atoms with Crippen LogP contribution in [0.3, 0.4) is 0 Å². The first kappa shape index (κ1) is 15.0. The van der Waals surface area contributed by atoms with Crippen molar-refractivity contribution in [3.63, 3.8) is 0 Å². The molecular formula is C14H10Cl2O3S. The molecule has 0 saturated heterocycles. The number of hydrogen-bond donors (Lipinski definition) is 0. The van der Waals surface area contributed by atoms with Crippen molar-refractivity contribution >= 4 is 46.3 Å². The molecule has 20 heavy (non-hydrogen) atoms. The van der Waals surface area contributed by atoms with Gasteiger partial charge in [-0.2, -0.15) is 11.3 Å². The maximum atomic E-state index is 11.9. The van der Waals surface area contributed by atoms with E-state index in [0.717, 1.165) is 5.56 Å². The lowest BCUT2D eigenvalue weighted by Gasteiger charge is -2.05. The van der Waals surface area contributed by atoms with Gasteiger partial charge in [0.25, 0.3) is 0 Å². The van der Waals surface area contributed by atoms with Crippen LogP contribution in [-0.4, -0.2) is 18.4 Å². The van der Waals surface area contributed by atoms with Gasteiger partial charge in [-0.15, -0.1) is 0 Å². The van der Waals surface area contributed by atoms with Crippen molar-refractivity contribution in [3.05, 3.63) is 56.2 Å². The van der Waals surface area contributed by atoms with E-state index in [2.05, 4.69) is 0 Å². The lowest BCUT2D eigenvalue weighted by Crippen LogP contribution is -2.15. The average molecular weight is 329 g/mol. The normalized spacial score (nSPS) is 10.3. The molecule has 0 amide bonds. The van der Waals surface area contributed by atoms with Gasteiger partial charge in [0.15, 0.2) is 6.61 Å². The molecule has 0 atom stereocenters. The molecule has 0 N–H and O–H groups in total. The summed E-state index contributed by atoms with van der Waals surface area (Å²) in [6.45, 7) is -0.344. The Morgan fingerprint density at radius 3 is 2.70 bits per heavy atom. The summed E-state index contributed by atoms with van der Waals surface area (Å²) in [4.78, 5) is 23.5. The summed E-state index contributed by atoms with van der Waals surface area (Å²) >= 11 is 13.2. The molecule has 0 radical (unpaired) electrons. The van der Waals surface area contributed by atoms with Gasteiger partial charge in [0, 0.05) is 10.6 Å². The zero-order chi connectivity index (χ0) is 14.5. The Bertz CT molecular complexity index is 623. The summed E-state index contributed by atoms with van der Waals surface area (Å²) in [7, 11) is 0. The summed E-state index contributed by atoms with van der Waals surface area (Å²) in [5.74, 6) is -0.828. The quantitative estimate of drug-likeness (QED) is 0.615. The van der Waals surface area contributed by atoms with Gasteiger partial charge in [-0.3, -0.25) is 9.59 Å². The Morgan fingerprint density at radius 1 is 1.20 bits per heavy atom. The zero-order valence-corrected chi connectivity index (χ0v) is 12.6. The smallest absolute Gasteiger partial charge is 0.310 e. The number of halogens is 2. The number of ether oxygens (including phenoxy) is 1. The highest BCUT2D eigenvalue weighted by molar-refractivity contribution is 7.08. The van der Waals surface area contributed by atoms with E-state index < -0.39 is 5.97 Å². The summed E-state index contributed by atoms with van der Waals surface area (Å²) < 4.78 is 4.94. The van der Waals surface area contributed by atoms with E-state index in [-0.39, 0.29) is 29.4 Å². The van der Waals surface area contributed by atoms with Crippen molar-refractivity contribution in [2.24, 2.45) is 0 Å². The molecule has 0 aliphatic carbocycles. The Morgan fingerprint density at radius 2 is 2.00 bits per heavy atom. The van der Waals surface area contributed by atoms with Crippen molar-refractivity contribution in [2.45, 2.75) is 6.42 Å². The van der Waals surface area contributed by atoms with Crippen LogP contribution in [0.15, 0.2) is 35.0 Å². The van der Waals surface area contributed by atoms with Crippen LogP contribution in [0, 0.1) is 0 Å². The molecule has 1 heterocycles. The Kier molecular flexibility index (Phi) is 5.17. The molecule has 0 unspecified atom stereocenters. The highest BCUT2D eigenvalue weighted by atomic mass is 35.5. The molecule has 0 saturated carbocycles. The molecular weight excluding hydrogens is 319 g/mol. The molecule has 104 valence electrons. The lowest BCUT2D eigenvalue weighted by molar-refractivity contribution is -0.141. The molecule has 1 aromatic heterocycles. The SMILES string of the molecule is O=C(Cc1ccsc1)OCC(=O)c1cc(Cl)ccc1Cl. The summed E-state index contributed by atoms with van der Waals surface area (Å²) in [6, 6.07) is 6.41. The number of carbonyl (C=O) groups is 2. The monoisotopic (exact) mass is 328 g/mol. The van der Waals surface area contributed by atoms with Crippen molar-refractivity contribution in [3.8, 4) is 0 Å². The first-order valence-electron chi connectivity index (χ1n) is 5.71. The van der Waals surface area contributed by atoms with Crippen molar-refractivity contribution in [1.29, 1.82) is 0 Å². The third-order valence-electron chi connectivity index (χ3n) is 2.52. The molecule has 0 bridgehead atoms. The molecule has 0 spiro atoms. The minimum Gasteiger partial charge on any atom is -0.457 e. The largest absolute Gasteiger partial charge is 0.457 e. The van der Waals surface area contributed by atoms with Crippen LogP contribution in [0.1, 0.15) is 15.9 Å². The van der Waals surface area contributed by atoms with Crippen LogP contribution in [0.2, 0.25) is 10.0 Å². The maximum Gasteiger partial charge on any atom is 0.310 e. The number of thiophene rings is 1. The minimum atomic E-state index is -0.449. The first-order valence-corrected chi connectivity index (χ1v) is 7.41. The number of Topliss-reactive ketones (excluding diaryl/α,β-unsaturated/α-hetero) is 1. The van der Waals surface area contributed by atoms with Gasteiger partial charge in [0.05, 0.1) is 11.4 Å². The number of ketones is 1. The van der Waals surface area contributed by atoms with Crippen molar-refractivity contribution < 1.29 is 14.3 Å². The number of esters is 1. The van der Waals surface area contributed by atoms with Crippen LogP contribution >= 0.6 is 34.5 Å². The number of benzene rings is 1. The number of carbonyl (C=O) groups excluding carboxylic acids is 2. The van der Waals surface area contributed by atoms with E-state index >= 15 is 0 Å². The lowest BCUT2D eigenvalue weighted by atomic mass is 10.1. The molecule has 0 fully saturated rings. The topological polar surface area (TPSA) is 43.4 Å². The van der Waals surface area contributed by atoms with Crippen LogP contribution in [0.25, 0.3) is 0 Å². The number of rotatable bonds is 5. The molecule has 6 heteroatoms. The predicted molar refractivity (Wildman–Crippen MR) is 79.8 cm³/mol. The van der Waals surface area contributed by atoms with Crippen molar-refractivity contribution in [2.75, 3.05) is 6.61 Å². The molecule has 3 nitrogen and oxygen atoms in total. The van der Waals surface area contributed by atoms with Crippen LogP contribution < -0.4 is 0 Å². The van der Waals surface area contributed by atoms with Gasteiger partial charge >= 0.3 is 5.97 Å². The van der Waals surface area contributed by atoms with Crippen LogP contribution in [0.4, 0.5) is 0 Å². The molecule has 2 aromatic rings. The summed E-state index contributed by atoms with van der Waals surface area (Å²) in [5.41, 5.74) is 1.12. The second kappa shape index (κ2) is 6.88. The molecule has 0 aliphatic heterocycles. The van der Waals surface area contributed by atoms with Gasteiger partial charge in [0.1, 0.15) is 0 Å². The highest BCUT2D eigenvalue weighted by Gasteiger charge is 2.14. The van der Waals surface area contributed by atoms with E-state index in [1.165, 1.54) is 23.5 Å². The predicted octanol–water partition coefficient (Wildman–Crippen LogP) is 4.02. The zero-order valence-electron chi connectivity index (χ0n) is 10.3. The summed E-state index contributed by atoms with van der Waals surface area (Å²) in [5, 5.41) is 4.42. The number of hydrogen-bond acceptors (Lipinski definition) is 4. The molecule has 2 rings (SSSR count). The van der Waals surface area contributed by atoms with Gasteiger partial charge in [0.2, 0.25) is 5.78 Å². The van der Waals surface area contributed by atoms with Gasteiger partial charge in [-0.05, 0) is 40.6 Å². The Hall–Kier alpha value is -1.36. The van der Waals surface area contributed by atoms with E-state index in [9.17, 15) is 9.59 Å². The van der Waals surface area contributed by atoms with E-state index in [1.54, 1.807) is 6.07 Å². The second-order valence-electron chi connectivity index (χ2n) is 4.02. The average Bonchev–Trinajstić information content (AvgIpc) is 2.91. The maximum absolute atomic E-state index is 11.9. The first-order chi connectivity index (χ1) is 9.56. The van der Waals surface area contributed by atoms with Crippen LogP contribution in [0.5, 0.6) is 0 Å². The molecule has 1 aromatic carbocycles. The van der Waals surface area contributed by atoms with Gasteiger partial charge in [-0.25, -0.2) is 0 Å². The van der Waals surface area contributed by atoms with E-state index in [1.807, 2.05) is 16.8 Å². The Labute approximate surface area is 130 Å². The fraction of sp³-hybridized carbons (Fsp3) is 0.143. The van der Waals surface area contributed by atoms with Gasteiger partial charge in [-0.1, -0.05) is 23.2 Å². The highest BCUT2D eigenvalue weighted by Crippen LogP contribution is 2.21. The third kappa shape index (κ3) is 4.07.